The second kappa shape index (κ2) is 4.65. The molecule has 0 spiro atoms. The van der Waals surface area contributed by atoms with Crippen LogP contribution in [-0.4, -0.2) is 23.1 Å². The maximum Gasteiger partial charge on any atom is 0.433 e. The molecule has 1 N–H and O–H groups in total. The highest BCUT2D eigenvalue weighted by atomic mass is 19.4. The number of H-pyrrole nitrogens is 1. The molecular formula is C9H11F3N2O2. The van der Waals surface area contributed by atoms with Gasteiger partial charge in [-0.25, -0.2) is 0 Å². The second-order valence-corrected chi connectivity index (χ2v) is 3.11. The molecule has 0 saturated carbocycles. The lowest BCUT2D eigenvalue weighted by Gasteiger charge is -2.14. The molecule has 1 aromatic rings. The minimum atomic E-state index is -4.57. The van der Waals surface area contributed by atoms with Crippen molar-refractivity contribution in [2.45, 2.75) is 26.1 Å². The topological polar surface area (TPSA) is 55.0 Å². The molecule has 0 saturated heterocycles. The Morgan fingerprint density at radius 2 is 2.19 bits per heavy atom. The van der Waals surface area contributed by atoms with Crippen molar-refractivity contribution < 1.29 is 22.7 Å². The SMILES string of the molecule is CCOC(C)c1c(C=O)n[nH]c1C(F)(F)F. The Hall–Kier alpha value is -1.37. The molecule has 1 unspecified atom stereocenters. The normalized spacial score (nSPS) is 13.8. The van der Waals surface area contributed by atoms with Crippen molar-refractivity contribution in [2.24, 2.45) is 0 Å². The molecule has 7 heteroatoms. The van der Waals surface area contributed by atoms with E-state index in [1.54, 1.807) is 6.92 Å². The van der Waals surface area contributed by atoms with E-state index in [-0.39, 0.29) is 24.2 Å². The summed E-state index contributed by atoms with van der Waals surface area (Å²) in [6, 6.07) is 0. The van der Waals surface area contributed by atoms with E-state index in [0.717, 1.165) is 0 Å². The van der Waals surface area contributed by atoms with Gasteiger partial charge in [0.25, 0.3) is 0 Å². The van der Waals surface area contributed by atoms with E-state index in [0.29, 0.717) is 0 Å². The van der Waals surface area contributed by atoms with Crippen LogP contribution in [0, 0.1) is 0 Å². The Morgan fingerprint density at radius 1 is 1.56 bits per heavy atom. The van der Waals surface area contributed by atoms with Crippen molar-refractivity contribution in [2.75, 3.05) is 6.61 Å². The molecule has 4 nitrogen and oxygen atoms in total. The summed E-state index contributed by atoms with van der Waals surface area (Å²) < 4.78 is 42.7. The third-order valence-electron chi connectivity index (χ3n) is 2.05. The van der Waals surface area contributed by atoms with Crippen LogP contribution < -0.4 is 0 Å². The number of aromatic nitrogens is 2. The smallest absolute Gasteiger partial charge is 0.374 e. The van der Waals surface area contributed by atoms with Gasteiger partial charge in [-0.1, -0.05) is 0 Å². The van der Waals surface area contributed by atoms with Crippen molar-refractivity contribution in [1.82, 2.24) is 10.2 Å². The van der Waals surface area contributed by atoms with E-state index in [4.69, 9.17) is 4.74 Å². The number of alkyl halides is 3. The average molecular weight is 236 g/mol. The number of hydrogen-bond acceptors (Lipinski definition) is 3. The summed E-state index contributed by atoms with van der Waals surface area (Å²) in [7, 11) is 0. The van der Waals surface area contributed by atoms with Crippen LogP contribution in [0.15, 0.2) is 0 Å². The van der Waals surface area contributed by atoms with Crippen LogP contribution in [-0.2, 0) is 10.9 Å². The molecule has 1 atom stereocenters. The van der Waals surface area contributed by atoms with Crippen LogP contribution in [0.25, 0.3) is 0 Å². The quantitative estimate of drug-likeness (QED) is 0.816. The van der Waals surface area contributed by atoms with Gasteiger partial charge in [0.05, 0.1) is 6.10 Å². The maximum atomic E-state index is 12.6. The zero-order chi connectivity index (χ0) is 12.3. The van der Waals surface area contributed by atoms with Crippen LogP contribution >= 0.6 is 0 Å². The first-order chi connectivity index (χ1) is 7.41. The Bertz CT molecular complexity index is 373. The van der Waals surface area contributed by atoms with Crippen LogP contribution in [0.2, 0.25) is 0 Å². The van der Waals surface area contributed by atoms with Gasteiger partial charge in [-0.15, -0.1) is 0 Å². The summed E-state index contributed by atoms with van der Waals surface area (Å²) in [5.41, 5.74) is -1.55. The molecule has 0 bridgehead atoms. The molecule has 1 heterocycles. The van der Waals surface area contributed by atoms with Crippen molar-refractivity contribution in [3.8, 4) is 0 Å². The van der Waals surface area contributed by atoms with E-state index >= 15 is 0 Å². The summed E-state index contributed by atoms with van der Waals surface area (Å²) in [5.74, 6) is 0. The molecule has 0 amide bonds. The fourth-order valence-corrected chi connectivity index (χ4v) is 1.42. The van der Waals surface area contributed by atoms with Crippen molar-refractivity contribution in [3.63, 3.8) is 0 Å². The molecule has 0 fully saturated rings. The van der Waals surface area contributed by atoms with E-state index in [9.17, 15) is 18.0 Å². The number of nitrogens with zero attached hydrogens (tertiary/aromatic N) is 1. The van der Waals surface area contributed by atoms with E-state index in [1.165, 1.54) is 6.92 Å². The van der Waals surface area contributed by atoms with Gasteiger partial charge >= 0.3 is 6.18 Å². The predicted octanol–water partition coefficient (Wildman–Crippen LogP) is 2.34. The Balaban J connectivity index is 3.21. The number of ether oxygens (including phenoxy) is 1. The van der Waals surface area contributed by atoms with Crippen LogP contribution in [0.5, 0.6) is 0 Å². The summed E-state index contributed by atoms with van der Waals surface area (Å²) in [6.45, 7) is 3.35. The highest BCUT2D eigenvalue weighted by Gasteiger charge is 2.38. The first-order valence-corrected chi connectivity index (χ1v) is 4.64. The third kappa shape index (κ3) is 2.41. The number of halogens is 3. The van der Waals surface area contributed by atoms with E-state index < -0.39 is 18.0 Å². The molecule has 0 aromatic carbocycles. The predicted molar refractivity (Wildman–Crippen MR) is 49.0 cm³/mol. The molecule has 0 aliphatic rings. The lowest BCUT2D eigenvalue weighted by molar-refractivity contribution is -0.143. The minimum Gasteiger partial charge on any atom is -0.374 e. The summed E-state index contributed by atoms with van der Waals surface area (Å²) >= 11 is 0. The van der Waals surface area contributed by atoms with Gasteiger partial charge in [0.2, 0.25) is 0 Å². The Morgan fingerprint density at radius 3 is 2.62 bits per heavy atom. The standard InChI is InChI=1S/C9H11F3N2O2/c1-3-16-5(2)7-6(4-15)13-14-8(7)9(10,11)12/h4-5H,3H2,1-2H3,(H,13,14). The molecule has 0 aliphatic carbocycles. The van der Waals surface area contributed by atoms with Crippen LogP contribution in [0.4, 0.5) is 13.2 Å². The first kappa shape index (κ1) is 12.7. The molecule has 0 radical (unpaired) electrons. The first-order valence-electron chi connectivity index (χ1n) is 4.64. The molecule has 90 valence electrons. The lowest BCUT2D eigenvalue weighted by Crippen LogP contribution is -2.12. The maximum absolute atomic E-state index is 12.6. The Kier molecular flexibility index (Phi) is 3.69. The molecule has 1 aromatic heterocycles. The van der Waals surface area contributed by atoms with Gasteiger partial charge in [-0.3, -0.25) is 9.89 Å². The lowest BCUT2D eigenvalue weighted by atomic mass is 10.1. The van der Waals surface area contributed by atoms with Crippen molar-refractivity contribution >= 4 is 6.29 Å². The highest BCUT2D eigenvalue weighted by Crippen LogP contribution is 2.35. The number of rotatable bonds is 4. The number of aromatic amines is 1. The van der Waals surface area contributed by atoms with E-state index in [2.05, 4.69) is 5.10 Å². The zero-order valence-electron chi connectivity index (χ0n) is 8.76. The van der Waals surface area contributed by atoms with Gasteiger partial charge in [0, 0.05) is 12.2 Å². The largest absolute Gasteiger partial charge is 0.433 e. The number of nitrogens with one attached hydrogen (secondary N) is 1. The van der Waals surface area contributed by atoms with E-state index in [1.807, 2.05) is 5.10 Å². The van der Waals surface area contributed by atoms with Crippen molar-refractivity contribution in [1.29, 1.82) is 0 Å². The van der Waals surface area contributed by atoms with Crippen LogP contribution in [0.1, 0.15) is 41.7 Å². The number of carbonyl (C=O) groups excluding carboxylic acids is 1. The van der Waals surface area contributed by atoms with Gasteiger partial charge in [-0.2, -0.15) is 18.3 Å². The Labute approximate surface area is 89.8 Å². The number of carbonyl (C=O) groups is 1. The molecule has 0 aliphatic heterocycles. The number of hydrogen-bond donors (Lipinski definition) is 1. The van der Waals surface area contributed by atoms with Gasteiger partial charge < -0.3 is 4.74 Å². The second-order valence-electron chi connectivity index (χ2n) is 3.11. The van der Waals surface area contributed by atoms with Crippen molar-refractivity contribution in [3.05, 3.63) is 17.0 Å². The van der Waals surface area contributed by atoms with Gasteiger partial charge in [-0.05, 0) is 13.8 Å². The average Bonchev–Trinajstić information content (AvgIpc) is 2.60. The molecule has 1 rings (SSSR count). The van der Waals surface area contributed by atoms with Gasteiger partial charge in [0.15, 0.2) is 6.29 Å². The third-order valence-corrected chi connectivity index (χ3v) is 2.05. The van der Waals surface area contributed by atoms with Crippen LogP contribution in [0.3, 0.4) is 0 Å². The fraction of sp³-hybridized carbons (Fsp3) is 0.556. The molecular weight excluding hydrogens is 225 g/mol. The number of aldehydes is 1. The highest BCUT2D eigenvalue weighted by molar-refractivity contribution is 5.75. The fourth-order valence-electron chi connectivity index (χ4n) is 1.42. The zero-order valence-corrected chi connectivity index (χ0v) is 8.76. The minimum absolute atomic E-state index is 0.246. The monoisotopic (exact) mass is 236 g/mol. The summed E-state index contributed by atoms with van der Waals surface area (Å²) in [6.07, 6.45) is -5.13. The van der Waals surface area contributed by atoms with Gasteiger partial charge in [0.1, 0.15) is 11.4 Å². The molecule has 16 heavy (non-hydrogen) atoms. The summed E-state index contributed by atoms with van der Waals surface area (Å²) in [5, 5.41) is 5.13. The summed E-state index contributed by atoms with van der Waals surface area (Å²) in [4.78, 5) is 10.6.